The van der Waals surface area contributed by atoms with E-state index in [0.29, 0.717) is 17.3 Å². The van der Waals surface area contributed by atoms with Gasteiger partial charge in [-0.2, -0.15) is 11.3 Å². The van der Waals surface area contributed by atoms with Crippen molar-refractivity contribution < 1.29 is 9.53 Å². The van der Waals surface area contributed by atoms with Crippen molar-refractivity contribution in [2.45, 2.75) is 6.54 Å². The van der Waals surface area contributed by atoms with Gasteiger partial charge in [0.15, 0.2) is 0 Å². The van der Waals surface area contributed by atoms with Gasteiger partial charge in [-0.25, -0.2) is 4.98 Å². The molecule has 0 aliphatic carbocycles. The van der Waals surface area contributed by atoms with Gasteiger partial charge in [-0.15, -0.1) is 0 Å². The highest BCUT2D eigenvalue weighted by molar-refractivity contribution is 7.11. The zero-order chi connectivity index (χ0) is 14.5. The van der Waals surface area contributed by atoms with Crippen LogP contribution in [0.2, 0.25) is 0 Å². The van der Waals surface area contributed by atoms with Crippen LogP contribution in [-0.4, -0.2) is 10.9 Å². The SMILES string of the molecule is O=C(NCc1ccc(Oc2nccs2)cc1)c1ccsc1. The molecule has 0 radical (unpaired) electrons. The maximum absolute atomic E-state index is 11.8. The number of nitrogens with one attached hydrogen (secondary N) is 1. The zero-order valence-corrected chi connectivity index (χ0v) is 12.6. The molecule has 6 heteroatoms. The van der Waals surface area contributed by atoms with Gasteiger partial charge in [0, 0.05) is 29.1 Å². The molecule has 0 aliphatic rings. The van der Waals surface area contributed by atoms with Crippen molar-refractivity contribution in [3.05, 3.63) is 63.8 Å². The second kappa shape index (κ2) is 6.51. The second-order valence-corrected chi connectivity index (χ2v) is 5.88. The molecule has 0 unspecified atom stereocenters. The lowest BCUT2D eigenvalue weighted by molar-refractivity contribution is 0.0951. The van der Waals surface area contributed by atoms with Gasteiger partial charge >= 0.3 is 0 Å². The van der Waals surface area contributed by atoms with E-state index in [-0.39, 0.29) is 5.91 Å². The number of hydrogen-bond acceptors (Lipinski definition) is 5. The van der Waals surface area contributed by atoms with Crippen LogP contribution in [-0.2, 0) is 6.54 Å². The van der Waals surface area contributed by atoms with E-state index in [9.17, 15) is 4.79 Å². The third kappa shape index (κ3) is 3.68. The minimum atomic E-state index is -0.0561. The summed E-state index contributed by atoms with van der Waals surface area (Å²) < 4.78 is 5.58. The topological polar surface area (TPSA) is 51.2 Å². The maximum Gasteiger partial charge on any atom is 0.278 e. The van der Waals surface area contributed by atoms with Crippen LogP contribution in [0.1, 0.15) is 15.9 Å². The first-order valence-electron chi connectivity index (χ1n) is 6.28. The van der Waals surface area contributed by atoms with E-state index < -0.39 is 0 Å². The number of aromatic nitrogens is 1. The van der Waals surface area contributed by atoms with Crippen molar-refractivity contribution >= 4 is 28.6 Å². The van der Waals surface area contributed by atoms with E-state index in [4.69, 9.17) is 4.74 Å². The van der Waals surface area contributed by atoms with Crippen LogP contribution in [0, 0.1) is 0 Å². The molecule has 106 valence electrons. The molecule has 0 saturated carbocycles. The van der Waals surface area contributed by atoms with Crippen molar-refractivity contribution in [2.24, 2.45) is 0 Å². The molecule has 1 amide bonds. The smallest absolute Gasteiger partial charge is 0.278 e. The van der Waals surface area contributed by atoms with Crippen LogP contribution in [0.5, 0.6) is 10.9 Å². The molecule has 2 heterocycles. The molecular formula is C15H12N2O2S2. The summed E-state index contributed by atoms with van der Waals surface area (Å²) in [5.74, 6) is 0.678. The number of carbonyl (C=O) groups excluding carboxylic acids is 1. The van der Waals surface area contributed by atoms with Crippen molar-refractivity contribution in [1.29, 1.82) is 0 Å². The van der Waals surface area contributed by atoms with E-state index >= 15 is 0 Å². The van der Waals surface area contributed by atoms with Crippen molar-refractivity contribution in [3.8, 4) is 10.9 Å². The van der Waals surface area contributed by atoms with E-state index in [1.54, 1.807) is 6.20 Å². The number of thiophene rings is 1. The first-order chi connectivity index (χ1) is 10.3. The summed E-state index contributed by atoms with van der Waals surface area (Å²) in [6.07, 6.45) is 1.70. The number of ether oxygens (including phenoxy) is 1. The van der Waals surface area contributed by atoms with Crippen LogP contribution in [0.3, 0.4) is 0 Å². The van der Waals surface area contributed by atoms with Gasteiger partial charge in [0.2, 0.25) is 0 Å². The average molecular weight is 316 g/mol. The Morgan fingerprint density at radius 2 is 2.05 bits per heavy atom. The monoisotopic (exact) mass is 316 g/mol. The number of hydrogen-bond donors (Lipinski definition) is 1. The fourth-order valence-electron chi connectivity index (χ4n) is 1.71. The minimum Gasteiger partial charge on any atom is -0.431 e. The highest BCUT2D eigenvalue weighted by Gasteiger charge is 2.05. The Balaban J connectivity index is 1.56. The van der Waals surface area contributed by atoms with E-state index in [1.807, 2.05) is 46.5 Å². The molecule has 3 aromatic rings. The summed E-state index contributed by atoms with van der Waals surface area (Å²) in [4.78, 5) is 15.9. The summed E-state index contributed by atoms with van der Waals surface area (Å²) >= 11 is 2.96. The summed E-state index contributed by atoms with van der Waals surface area (Å²) in [5.41, 5.74) is 1.72. The molecule has 21 heavy (non-hydrogen) atoms. The van der Waals surface area contributed by atoms with E-state index in [1.165, 1.54) is 22.7 Å². The zero-order valence-electron chi connectivity index (χ0n) is 11.0. The Kier molecular flexibility index (Phi) is 4.28. The average Bonchev–Trinajstić information content (AvgIpc) is 3.19. The molecule has 4 nitrogen and oxygen atoms in total. The molecule has 0 saturated heterocycles. The van der Waals surface area contributed by atoms with E-state index in [2.05, 4.69) is 10.3 Å². The summed E-state index contributed by atoms with van der Waals surface area (Å²) in [6, 6.07) is 9.40. The number of benzene rings is 1. The largest absolute Gasteiger partial charge is 0.431 e. The van der Waals surface area contributed by atoms with Gasteiger partial charge in [0.05, 0.1) is 0 Å². The number of thiazole rings is 1. The molecule has 0 spiro atoms. The number of nitrogens with zero attached hydrogens (tertiary/aromatic N) is 1. The standard InChI is InChI=1S/C15H12N2O2S2/c18-14(12-5-7-20-10-12)17-9-11-1-3-13(4-2-11)19-15-16-6-8-21-15/h1-8,10H,9H2,(H,17,18). The van der Waals surface area contributed by atoms with Gasteiger partial charge in [0.1, 0.15) is 5.75 Å². The highest BCUT2D eigenvalue weighted by Crippen LogP contribution is 2.23. The number of amides is 1. The Bertz CT molecular complexity index is 692. The second-order valence-electron chi connectivity index (χ2n) is 4.24. The van der Waals surface area contributed by atoms with Crippen LogP contribution >= 0.6 is 22.7 Å². The predicted octanol–water partition coefficient (Wildman–Crippen LogP) is 3.93. The predicted molar refractivity (Wildman–Crippen MR) is 84.1 cm³/mol. The third-order valence-corrected chi connectivity index (χ3v) is 4.11. The molecular weight excluding hydrogens is 304 g/mol. The highest BCUT2D eigenvalue weighted by atomic mass is 32.1. The summed E-state index contributed by atoms with van der Waals surface area (Å²) in [6.45, 7) is 0.492. The molecule has 0 bridgehead atoms. The van der Waals surface area contributed by atoms with Crippen LogP contribution < -0.4 is 10.1 Å². The molecule has 3 rings (SSSR count). The van der Waals surface area contributed by atoms with Crippen LogP contribution in [0.4, 0.5) is 0 Å². The van der Waals surface area contributed by atoms with Gasteiger partial charge in [-0.1, -0.05) is 23.5 Å². The molecule has 0 fully saturated rings. The third-order valence-electron chi connectivity index (χ3n) is 2.77. The van der Waals surface area contributed by atoms with Gasteiger partial charge in [-0.3, -0.25) is 4.79 Å². The summed E-state index contributed by atoms with van der Waals surface area (Å²) in [5, 5.41) is 9.09. The molecule has 0 atom stereocenters. The quantitative estimate of drug-likeness (QED) is 0.776. The van der Waals surface area contributed by atoms with Gasteiger partial charge < -0.3 is 10.1 Å². The lowest BCUT2D eigenvalue weighted by atomic mass is 10.2. The van der Waals surface area contributed by atoms with Crippen molar-refractivity contribution in [3.63, 3.8) is 0 Å². The first kappa shape index (κ1) is 13.8. The Morgan fingerprint density at radius 3 is 2.71 bits per heavy atom. The molecule has 2 aromatic heterocycles. The lowest BCUT2D eigenvalue weighted by Crippen LogP contribution is -2.22. The number of rotatable bonds is 5. The molecule has 1 aromatic carbocycles. The fraction of sp³-hybridized carbons (Fsp3) is 0.0667. The molecule has 1 N–H and O–H groups in total. The van der Waals surface area contributed by atoms with Crippen LogP contribution in [0.25, 0.3) is 0 Å². The fourth-order valence-corrected chi connectivity index (χ4v) is 2.86. The minimum absolute atomic E-state index is 0.0561. The Labute approximate surface area is 130 Å². The van der Waals surface area contributed by atoms with Crippen molar-refractivity contribution in [2.75, 3.05) is 0 Å². The van der Waals surface area contributed by atoms with Gasteiger partial charge in [0.25, 0.3) is 11.1 Å². The van der Waals surface area contributed by atoms with E-state index in [0.717, 1.165) is 11.3 Å². The molecule has 0 aliphatic heterocycles. The Hall–Kier alpha value is -2.18. The Morgan fingerprint density at radius 1 is 1.19 bits per heavy atom. The normalized spacial score (nSPS) is 10.3. The van der Waals surface area contributed by atoms with Crippen LogP contribution in [0.15, 0.2) is 52.7 Å². The lowest BCUT2D eigenvalue weighted by Gasteiger charge is -2.06. The maximum atomic E-state index is 11.8. The summed E-state index contributed by atoms with van der Waals surface area (Å²) in [7, 11) is 0. The van der Waals surface area contributed by atoms with Gasteiger partial charge in [-0.05, 0) is 29.1 Å². The number of carbonyl (C=O) groups is 1. The van der Waals surface area contributed by atoms with Crippen molar-refractivity contribution in [1.82, 2.24) is 10.3 Å². The first-order valence-corrected chi connectivity index (χ1v) is 8.10.